The lowest BCUT2D eigenvalue weighted by Crippen LogP contribution is -2.45. The number of hydrogen-bond acceptors (Lipinski definition) is 9. The van der Waals surface area contributed by atoms with E-state index in [1.807, 2.05) is 0 Å². The Bertz CT molecular complexity index is 1070. The number of carboxylic acid groups (broad SMARTS) is 1. The van der Waals surface area contributed by atoms with E-state index in [4.69, 9.17) is 15.1 Å². The molecule has 0 aromatic carbocycles. The number of imidazole rings is 1. The van der Waals surface area contributed by atoms with Crippen molar-refractivity contribution in [3.63, 3.8) is 0 Å². The van der Waals surface area contributed by atoms with Gasteiger partial charge >= 0.3 is 13.5 Å². The van der Waals surface area contributed by atoms with Crippen molar-refractivity contribution in [1.29, 1.82) is 0 Å². The summed E-state index contributed by atoms with van der Waals surface area (Å²) >= 11 is 0. The summed E-state index contributed by atoms with van der Waals surface area (Å²) in [6.07, 6.45) is 3.46. The van der Waals surface area contributed by atoms with Gasteiger partial charge in [0.25, 0.3) is 0 Å². The van der Waals surface area contributed by atoms with Gasteiger partial charge in [-0.25, -0.2) is 20.0 Å². The highest BCUT2D eigenvalue weighted by atomic mass is 31.2. The Morgan fingerprint density at radius 2 is 1.83 bits per heavy atom. The molecule has 0 aliphatic carbocycles. The monoisotopic (exact) mass is 511 g/mol. The lowest BCUT2D eigenvalue weighted by atomic mass is 9.99. The Labute approximate surface area is 206 Å². The third kappa shape index (κ3) is 8.55. The normalized spacial score (nSPS) is 14.8. The molecule has 4 N–H and O–H groups in total. The average molecular weight is 512 g/mol. The van der Waals surface area contributed by atoms with Gasteiger partial charge in [0, 0.05) is 0 Å². The molecule has 2 atom stereocenters. The molecule has 0 fully saturated rings. The third-order valence-corrected chi connectivity index (χ3v) is 6.72. The van der Waals surface area contributed by atoms with Gasteiger partial charge in [0.1, 0.15) is 23.7 Å². The maximum Gasteiger partial charge on any atom is 0.365 e. The summed E-state index contributed by atoms with van der Waals surface area (Å²) in [6.45, 7) is 13.2. The summed E-state index contributed by atoms with van der Waals surface area (Å²) < 4.78 is 26.8. The summed E-state index contributed by atoms with van der Waals surface area (Å²) in [7, 11) is -3.85. The summed E-state index contributed by atoms with van der Waals surface area (Å²) in [5.41, 5.74) is 6.11. The molecule has 2 aromatic rings. The largest absolute Gasteiger partial charge is 0.480 e. The quantitative estimate of drug-likeness (QED) is 0.192. The van der Waals surface area contributed by atoms with Gasteiger partial charge in [0.15, 0.2) is 11.5 Å². The molecule has 2 heterocycles. The number of carboxylic acids is 1. The smallest absolute Gasteiger partial charge is 0.365 e. The summed E-state index contributed by atoms with van der Waals surface area (Å²) in [6, 6.07) is 0. The lowest BCUT2D eigenvalue weighted by molar-refractivity contribution is -0.142. The third-order valence-electron chi connectivity index (χ3n) is 4.99. The van der Waals surface area contributed by atoms with Crippen LogP contribution in [0.3, 0.4) is 0 Å². The minimum atomic E-state index is -3.85. The Kier molecular flexibility index (Phi) is 9.76. The van der Waals surface area contributed by atoms with Crippen LogP contribution in [-0.4, -0.2) is 54.3 Å². The molecule has 2 aromatic heterocycles. The number of nitrogens with two attached hydrogens (primary N) is 1. The Hall–Kier alpha value is -2.56. The van der Waals surface area contributed by atoms with Crippen LogP contribution in [-0.2, 0) is 25.3 Å². The van der Waals surface area contributed by atoms with Gasteiger partial charge in [-0.05, 0) is 45.4 Å². The first-order valence-electron chi connectivity index (χ1n) is 11.6. The van der Waals surface area contributed by atoms with E-state index in [1.54, 1.807) is 17.8 Å². The van der Waals surface area contributed by atoms with Crippen LogP contribution < -0.4 is 10.8 Å². The second kappa shape index (κ2) is 11.9. The zero-order valence-electron chi connectivity index (χ0n) is 21.6. The van der Waals surface area contributed by atoms with E-state index in [0.717, 1.165) is 5.71 Å². The predicted octanol–water partition coefficient (Wildman–Crippen LogP) is 3.88. The minimum absolute atomic E-state index is 0.275. The number of fused-ring (bicyclic) bond motifs is 1. The number of aromatic nitrogens is 4. The van der Waals surface area contributed by atoms with Crippen molar-refractivity contribution in [2.45, 2.75) is 79.5 Å². The lowest BCUT2D eigenvalue weighted by Gasteiger charge is -2.27. The van der Waals surface area contributed by atoms with Crippen LogP contribution in [0.25, 0.3) is 11.2 Å². The van der Waals surface area contributed by atoms with Crippen molar-refractivity contribution < 1.29 is 23.8 Å². The number of nitrogens with one attached hydrogen (secondary N) is 1. The van der Waals surface area contributed by atoms with Crippen molar-refractivity contribution in [2.75, 3.05) is 12.1 Å². The van der Waals surface area contributed by atoms with Gasteiger partial charge in [-0.15, -0.1) is 0 Å². The maximum atomic E-state index is 13.7. The fourth-order valence-electron chi connectivity index (χ4n) is 3.36. The fourth-order valence-corrected chi connectivity index (χ4v) is 5.16. The van der Waals surface area contributed by atoms with Crippen LogP contribution in [0.4, 0.5) is 5.82 Å². The van der Waals surface area contributed by atoms with Crippen LogP contribution in [0.15, 0.2) is 17.8 Å². The maximum absolute atomic E-state index is 13.7. The molecular formula is C22H38N7O5P. The molecule has 35 heavy (non-hydrogen) atoms. The van der Waals surface area contributed by atoms with Gasteiger partial charge in [0.05, 0.1) is 24.7 Å². The molecule has 1 unspecified atom stereocenters. The molecular weight excluding hydrogens is 473 g/mol. The number of nitrogens with zero attached hydrogens (tertiary/aromatic N) is 5. The van der Waals surface area contributed by atoms with Crippen molar-refractivity contribution in [3.05, 3.63) is 12.7 Å². The highest BCUT2D eigenvalue weighted by Crippen LogP contribution is 2.45. The van der Waals surface area contributed by atoms with E-state index < -0.39 is 25.1 Å². The standard InChI is InChI=1S/C22H38N7O5P/c1-14(2)8-17(9-15(3)4)27-34-35(32,28-22(6,7)21(30)31)13-33-16(5)10-29-12-26-18-19(23)24-11-25-20(18)29/h11-12,14-16H,8-10,13H2,1-7H3,(H,28,32)(H,30,31)(H2,23,24,25)/t16-,35?/m1/s1. The first-order valence-corrected chi connectivity index (χ1v) is 13.4. The molecule has 0 radical (unpaired) electrons. The fraction of sp³-hybridized carbons (Fsp3) is 0.682. The summed E-state index contributed by atoms with van der Waals surface area (Å²) in [5, 5.41) is 16.4. The molecule has 0 saturated heterocycles. The van der Waals surface area contributed by atoms with Gasteiger partial charge in [0.2, 0.25) is 0 Å². The molecule has 0 saturated carbocycles. The van der Waals surface area contributed by atoms with Crippen LogP contribution in [0.5, 0.6) is 0 Å². The van der Waals surface area contributed by atoms with Gasteiger partial charge in [-0.3, -0.25) is 9.36 Å². The molecule has 0 amide bonds. The summed E-state index contributed by atoms with van der Waals surface area (Å²) in [4.78, 5) is 24.0. The predicted molar refractivity (Wildman–Crippen MR) is 135 cm³/mol. The molecule has 0 spiro atoms. The second-order valence-electron chi connectivity index (χ2n) is 10.1. The van der Waals surface area contributed by atoms with E-state index in [1.165, 1.54) is 20.2 Å². The number of nitrogen functional groups attached to an aromatic ring is 1. The topological polar surface area (TPSA) is 167 Å². The zero-order chi connectivity index (χ0) is 26.4. The first kappa shape index (κ1) is 28.7. The van der Waals surface area contributed by atoms with E-state index in [2.05, 4.69) is 52.9 Å². The van der Waals surface area contributed by atoms with E-state index >= 15 is 0 Å². The highest BCUT2D eigenvalue weighted by molar-refractivity contribution is 7.56. The Balaban J connectivity index is 2.19. The van der Waals surface area contributed by atoms with Gasteiger partial charge < -0.3 is 24.8 Å². The van der Waals surface area contributed by atoms with E-state index in [-0.39, 0.29) is 12.2 Å². The molecule has 0 bridgehead atoms. The van der Waals surface area contributed by atoms with Crippen molar-refractivity contribution in [2.24, 2.45) is 17.0 Å². The number of aliphatic carboxylic acids is 1. The second-order valence-corrected chi connectivity index (χ2v) is 12.1. The SMILES string of the molecule is CC(C)CC(CC(C)C)=NOP(=O)(CO[C@H](C)Cn1cnc2c(N)ncnc21)NC(C)(C)C(=O)O. The van der Waals surface area contributed by atoms with Crippen LogP contribution >= 0.6 is 7.52 Å². The van der Waals surface area contributed by atoms with E-state index in [0.29, 0.717) is 42.4 Å². The molecule has 0 aliphatic rings. The zero-order valence-corrected chi connectivity index (χ0v) is 22.5. The van der Waals surface area contributed by atoms with Crippen molar-refractivity contribution in [1.82, 2.24) is 24.6 Å². The molecule has 13 heteroatoms. The Morgan fingerprint density at radius 3 is 2.40 bits per heavy atom. The van der Waals surface area contributed by atoms with Gasteiger partial charge in [-0.2, -0.15) is 0 Å². The Morgan fingerprint density at radius 1 is 1.20 bits per heavy atom. The molecule has 12 nitrogen and oxygen atoms in total. The van der Waals surface area contributed by atoms with Crippen molar-refractivity contribution >= 4 is 36.2 Å². The average Bonchev–Trinajstić information content (AvgIpc) is 3.14. The highest BCUT2D eigenvalue weighted by Gasteiger charge is 2.38. The number of oxime groups is 1. The van der Waals surface area contributed by atoms with Crippen LogP contribution in [0.2, 0.25) is 0 Å². The number of ether oxygens (including phenoxy) is 1. The number of anilines is 1. The molecule has 2 rings (SSSR count). The van der Waals surface area contributed by atoms with Crippen LogP contribution in [0.1, 0.15) is 61.3 Å². The number of carbonyl (C=O) groups is 1. The molecule has 196 valence electrons. The minimum Gasteiger partial charge on any atom is -0.480 e. The number of hydrogen-bond donors (Lipinski definition) is 3. The van der Waals surface area contributed by atoms with E-state index in [9.17, 15) is 14.5 Å². The van der Waals surface area contributed by atoms with Crippen molar-refractivity contribution in [3.8, 4) is 0 Å². The number of rotatable bonds is 14. The van der Waals surface area contributed by atoms with Crippen LogP contribution in [0, 0.1) is 11.8 Å². The molecule has 0 aliphatic heterocycles. The summed E-state index contributed by atoms with van der Waals surface area (Å²) in [5.74, 6) is -0.238. The first-order chi connectivity index (χ1) is 16.2. The van der Waals surface area contributed by atoms with Gasteiger partial charge in [-0.1, -0.05) is 32.9 Å².